The highest BCUT2D eigenvalue weighted by Crippen LogP contribution is 2.26. The number of para-hydroxylation sites is 1. The Hall–Kier alpha value is -1.59. The molecule has 0 saturated carbocycles. The van der Waals surface area contributed by atoms with E-state index in [4.69, 9.17) is 0 Å². The lowest BCUT2D eigenvalue weighted by molar-refractivity contribution is -0.144. The van der Waals surface area contributed by atoms with Crippen molar-refractivity contribution < 1.29 is 14.7 Å². The zero-order valence-electron chi connectivity index (χ0n) is 12.3. The van der Waals surface area contributed by atoms with Crippen LogP contribution in [-0.4, -0.2) is 41.0 Å². The predicted molar refractivity (Wildman–Crippen MR) is 86.4 cm³/mol. The fraction of sp³-hybridized carbons (Fsp3) is 0.500. The Labute approximate surface area is 136 Å². The molecule has 1 aromatic rings. The molecule has 0 bridgehead atoms. The van der Waals surface area contributed by atoms with Crippen LogP contribution >= 0.6 is 12.4 Å². The third kappa shape index (κ3) is 3.42. The number of nitrogens with zero attached hydrogens (tertiary/aromatic N) is 1. The lowest BCUT2D eigenvalue weighted by Gasteiger charge is -2.35. The number of aryl methyl sites for hydroxylation is 1. The maximum atomic E-state index is 12.5. The third-order valence-corrected chi connectivity index (χ3v) is 4.51. The predicted octanol–water partition coefficient (Wildman–Crippen LogP) is 2.16. The minimum atomic E-state index is -0.753. The van der Waals surface area contributed by atoms with Gasteiger partial charge in [-0.1, -0.05) is 18.2 Å². The molecule has 6 heteroatoms. The van der Waals surface area contributed by atoms with Gasteiger partial charge in [0.2, 0.25) is 5.91 Å². The number of carbonyl (C=O) groups is 2. The molecule has 1 fully saturated rings. The number of halogens is 1. The van der Waals surface area contributed by atoms with Crippen LogP contribution in [0.25, 0.3) is 0 Å². The molecule has 2 aliphatic heterocycles. The lowest BCUT2D eigenvalue weighted by Crippen LogP contribution is -2.49. The fourth-order valence-electron chi connectivity index (χ4n) is 3.34. The topological polar surface area (TPSA) is 69.6 Å². The number of amides is 1. The number of anilines is 1. The molecule has 22 heavy (non-hydrogen) atoms. The molecule has 1 saturated heterocycles. The van der Waals surface area contributed by atoms with Crippen molar-refractivity contribution in [1.82, 2.24) is 4.90 Å². The van der Waals surface area contributed by atoms with Gasteiger partial charge >= 0.3 is 5.97 Å². The summed E-state index contributed by atoms with van der Waals surface area (Å²) in [6.07, 6.45) is 3.14. The van der Waals surface area contributed by atoms with Crippen LogP contribution < -0.4 is 5.32 Å². The van der Waals surface area contributed by atoms with Crippen molar-refractivity contribution in [1.29, 1.82) is 0 Å². The van der Waals surface area contributed by atoms with Crippen LogP contribution in [0.15, 0.2) is 24.3 Å². The smallest absolute Gasteiger partial charge is 0.307 e. The van der Waals surface area contributed by atoms with Crippen molar-refractivity contribution >= 4 is 30.0 Å². The van der Waals surface area contributed by atoms with Gasteiger partial charge in [0.05, 0.1) is 12.0 Å². The second-order valence-corrected chi connectivity index (χ2v) is 5.87. The van der Waals surface area contributed by atoms with Gasteiger partial charge in [-0.25, -0.2) is 0 Å². The summed E-state index contributed by atoms with van der Waals surface area (Å²) in [5, 5.41) is 12.2. The number of hydrogen-bond donors (Lipinski definition) is 2. The maximum absolute atomic E-state index is 12.5. The average Bonchev–Trinajstić information content (AvgIpc) is 2.65. The Kier molecular flexibility index (Phi) is 5.42. The first-order valence-corrected chi connectivity index (χ1v) is 7.51. The molecule has 2 heterocycles. The van der Waals surface area contributed by atoms with E-state index >= 15 is 0 Å². The largest absolute Gasteiger partial charge is 0.481 e. The first-order chi connectivity index (χ1) is 10.1. The van der Waals surface area contributed by atoms with Crippen molar-refractivity contribution in [2.45, 2.75) is 31.7 Å². The molecular weight excluding hydrogens is 304 g/mol. The summed E-state index contributed by atoms with van der Waals surface area (Å²) in [6, 6.07) is 7.63. The number of piperidine rings is 1. The minimum Gasteiger partial charge on any atom is -0.481 e. The van der Waals surface area contributed by atoms with Gasteiger partial charge in [0.15, 0.2) is 0 Å². The molecule has 2 atom stereocenters. The van der Waals surface area contributed by atoms with Crippen LogP contribution in [0.2, 0.25) is 0 Å². The van der Waals surface area contributed by atoms with E-state index in [2.05, 4.69) is 5.32 Å². The Morgan fingerprint density at radius 1 is 1.27 bits per heavy atom. The first-order valence-electron chi connectivity index (χ1n) is 7.51. The van der Waals surface area contributed by atoms with Crippen molar-refractivity contribution in [3.05, 3.63) is 29.8 Å². The highest BCUT2D eigenvalue weighted by molar-refractivity contribution is 5.96. The van der Waals surface area contributed by atoms with Gasteiger partial charge in [-0.2, -0.15) is 0 Å². The van der Waals surface area contributed by atoms with E-state index in [0.717, 1.165) is 37.1 Å². The van der Waals surface area contributed by atoms with E-state index in [1.54, 1.807) is 0 Å². The van der Waals surface area contributed by atoms with E-state index in [0.29, 0.717) is 13.0 Å². The molecule has 5 nitrogen and oxygen atoms in total. The van der Waals surface area contributed by atoms with Crippen molar-refractivity contribution in [3.63, 3.8) is 0 Å². The molecule has 0 radical (unpaired) electrons. The fourth-order valence-corrected chi connectivity index (χ4v) is 3.34. The van der Waals surface area contributed by atoms with Crippen molar-refractivity contribution in [2.24, 2.45) is 5.92 Å². The number of likely N-dealkylation sites (tertiary alicyclic amines) is 1. The first kappa shape index (κ1) is 16.8. The monoisotopic (exact) mass is 324 g/mol. The highest BCUT2D eigenvalue weighted by atomic mass is 35.5. The molecule has 1 amide bonds. The van der Waals surface area contributed by atoms with E-state index < -0.39 is 5.97 Å². The Bertz CT molecular complexity index is 564. The molecule has 0 aromatic heterocycles. The summed E-state index contributed by atoms with van der Waals surface area (Å²) < 4.78 is 0. The van der Waals surface area contributed by atoms with Crippen LogP contribution in [0.1, 0.15) is 24.8 Å². The lowest BCUT2D eigenvalue weighted by atomic mass is 9.95. The van der Waals surface area contributed by atoms with Gasteiger partial charge in [-0.3, -0.25) is 14.5 Å². The van der Waals surface area contributed by atoms with Crippen molar-refractivity contribution in [3.8, 4) is 0 Å². The Morgan fingerprint density at radius 2 is 2.05 bits per heavy atom. The third-order valence-electron chi connectivity index (χ3n) is 4.51. The molecular formula is C16H21ClN2O3. The molecule has 2 aliphatic rings. The number of carbonyl (C=O) groups excluding carboxylic acids is 1. The number of fused-ring (bicyclic) bond motifs is 1. The minimum absolute atomic E-state index is 0. The Balaban J connectivity index is 0.00000176. The summed E-state index contributed by atoms with van der Waals surface area (Å²) in [6.45, 7) is 1.28. The number of aliphatic carboxylic acids is 1. The standard InChI is InChI=1S/C16H20N2O3.ClH/c19-15-14(18-9-3-5-12(10-18)16(20)21)8-7-11-4-1-2-6-13(11)17-15;/h1-2,4,6,12,14H,3,5,7-10H2,(H,17,19)(H,20,21);1H. The summed E-state index contributed by atoms with van der Waals surface area (Å²) in [5.74, 6) is -1.11. The number of benzene rings is 1. The molecule has 0 spiro atoms. The zero-order valence-corrected chi connectivity index (χ0v) is 13.1. The quantitative estimate of drug-likeness (QED) is 0.874. The Morgan fingerprint density at radius 3 is 2.82 bits per heavy atom. The second kappa shape index (κ2) is 7.11. The summed E-state index contributed by atoms with van der Waals surface area (Å²) >= 11 is 0. The van der Waals surface area contributed by atoms with Gasteiger partial charge in [0.1, 0.15) is 0 Å². The van der Waals surface area contributed by atoms with Crippen LogP contribution in [0.5, 0.6) is 0 Å². The second-order valence-electron chi connectivity index (χ2n) is 5.87. The number of carboxylic acids is 1. The van der Waals surface area contributed by atoms with E-state index in [1.165, 1.54) is 0 Å². The van der Waals surface area contributed by atoms with Crippen LogP contribution in [0, 0.1) is 5.92 Å². The summed E-state index contributed by atoms with van der Waals surface area (Å²) in [7, 11) is 0. The summed E-state index contributed by atoms with van der Waals surface area (Å²) in [4.78, 5) is 25.7. The van der Waals surface area contributed by atoms with Crippen LogP contribution in [-0.2, 0) is 16.0 Å². The van der Waals surface area contributed by atoms with Crippen LogP contribution in [0.4, 0.5) is 5.69 Å². The number of nitrogens with one attached hydrogen (secondary N) is 1. The molecule has 2 N–H and O–H groups in total. The number of hydrogen-bond acceptors (Lipinski definition) is 3. The molecule has 2 unspecified atom stereocenters. The normalized spacial score (nSPS) is 25.4. The molecule has 0 aliphatic carbocycles. The highest BCUT2D eigenvalue weighted by Gasteiger charge is 2.34. The molecule has 3 rings (SSSR count). The van der Waals surface area contributed by atoms with Crippen LogP contribution in [0.3, 0.4) is 0 Å². The van der Waals surface area contributed by atoms with Gasteiger partial charge < -0.3 is 10.4 Å². The van der Waals surface area contributed by atoms with Gasteiger partial charge in [-0.15, -0.1) is 12.4 Å². The van der Waals surface area contributed by atoms with E-state index in [9.17, 15) is 14.7 Å². The van der Waals surface area contributed by atoms with Gasteiger partial charge in [0.25, 0.3) is 0 Å². The van der Waals surface area contributed by atoms with Crippen molar-refractivity contribution in [2.75, 3.05) is 18.4 Å². The molecule has 120 valence electrons. The SMILES string of the molecule is Cl.O=C(O)C1CCCN(C2CCc3ccccc3NC2=O)C1. The molecule has 1 aromatic carbocycles. The zero-order chi connectivity index (χ0) is 14.8. The van der Waals surface area contributed by atoms with Gasteiger partial charge in [0, 0.05) is 12.2 Å². The van der Waals surface area contributed by atoms with E-state index in [1.807, 2.05) is 29.2 Å². The number of carboxylic acid groups (broad SMARTS) is 1. The summed E-state index contributed by atoms with van der Waals surface area (Å²) in [5.41, 5.74) is 2.04. The number of rotatable bonds is 2. The van der Waals surface area contributed by atoms with E-state index in [-0.39, 0.29) is 30.3 Å². The average molecular weight is 325 g/mol. The maximum Gasteiger partial charge on any atom is 0.307 e. The van der Waals surface area contributed by atoms with Gasteiger partial charge in [-0.05, 0) is 43.9 Å².